The van der Waals surface area contributed by atoms with Gasteiger partial charge in [0.15, 0.2) is 0 Å². The van der Waals surface area contributed by atoms with Gasteiger partial charge < -0.3 is 11.1 Å². The lowest BCUT2D eigenvalue weighted by Gasteiger charge is -2.21. The van der Waals surface area contributed by atoms with E-state index in [4.69, 9.17) is 17.3 Å². The molecule has 0 spiro atoms. The highest BCUT2D eigenvalue weighted by molar-refractivity contribution is 6.35. The average Bonchev–Trinajstić information content (AvgIpc) is 3.14. The molecule has 0 aliphatic carbocycles. The van der Waals surface area contributed by atoms with Crippen LogP contribution in [0, 0.1) is 0 Å². The van der Waals surface area contributed by atoms with Crippen LogP contribution >= 0.6 is 11.6 Å². The molecule has 1 atom stereocenters. The number of nitrogens with one attached hydrogen (secondary N) is 2. The fraction of sp³-hybridized carbons (Fsp3) is 0.0952. The van der Waals surface area contributed by atoms with Crippen LogP contribution in [0.5, 0.6) is 0 Å². The zero-order valence-electron chi connectivity index (χ0n) is 15.5. The van der Waals surface area contributed by atoms with Gasteiger partial charge >= 0.3 is 0 Å². The number of carbonyl (C=O) groups excluding carboxylic acids is 1. The van der Waals surface area contributed by atoms with Gasteiger partial charge in [0, 0.05) is 11.4 Å². The molecule has 4 N–H and O–H groups in total. The first kappa shape index (κ1) is 18.8. The molecule has 0 unspecified atom stereocenters. The number of carbonyl (C=O) groups is 1. The summed E-state index contributed by atoms with van der Waals surface area (Å²) in [5, 5.41) is 10.7. The summed E-state index contributed by atoms with van der Waals surface area (Å²) in [5.74, 6) is -0.206. The SMILES string of the molecule is C[C@H](NC(=O)c1cn[nH]c1N)c1cc2cccc(Cl)c2c(=O)n1-c1ccccc1. The van der Waals surface area contributed by atoms with Crippen LogP contribution < -0.4 is 16.6 Å². The quantitative estimate of drug-likeness (QED) is 0.481. The Morgan fingerprint density at radius 1 is 1.21 bits per heavy atom. The Bertz CT molecular complexity index is 1260. The average molecular weight is 408 g/mol. The van der Waals surface area contributed by atoms with Crippen LogP contribution in [-0.2, 0) is 0 Å². The fourth-order valence-electron chi connectivity index (χ4n) is 3.33. The first-order valence-corrected chi connectivity index (χ1v) is 9.34. The molecule has 29 heavy (non-hydrogen) atoms. The second-order valence-corrected chi connectivity index (χ2v) is 7.05. The highest BCUT2D eigenvalue weighted by atomic mass is 35.5. The van der Waals surface area contributed by atoms with Crippen molar-refractivity contribution in [2.75, 3.05) is 5.73 Å². The van der Waals surface area contributed by atoms with Crippen LogP contribution in [0.25, 0.3) is 16.5 Å². The largest absolute Gasteiger partial charge is 0.383 e. The van der Waals surface area contributed by atoms with Gasteiger partial charge in [-0.1, -0.05) is 41.9 Å². The molecule has 2 aromatic carbocycles. The van der Waals surface area contributed by atoms with Gasteiger partial charge in [0.05, 0.1) is 22.6 Å². The molecule has 0 saturated carbocycles. The summed E-state index contributed by atoms with van der Waals surface area (Å²) in [6.07, 6.45) is 1.36. The molecule has 4 aromatic rings. The minimum absolute atomic E-state index is 0.181. The number of nitrogen functional groups attached to an aromatic ring is 1. The van der Waals surface area contributed by atoms with Gasteiger partial charge in [-0.2, -0.15) is 5.10 Å². The molecule has 8 heteroatoms. The number of rotatable bonds is 4. The van der Waals surface area contributed by atoms with E-state index in [9.17, 15) is 9.59 Å². The highest BCUT2D eigenvalue weighted by Gasteiger charge is 2.21. The molecule has 146 valence electrons. The third kappa shape index (κ3) is 3.36. The van der Waals surface area contributed by atoms with E-state index in [-0.39, 0.29) is 22.8 Å². The number of fused-ring (bicyclic) bond motifs is 1. The van der Waals surface area contributed by atoms with Crippen molar-refractivity contribution in [3.05, 3.63) is 87.4 Å². The lowest BCUT2D eigenvalue weighted by Crippen LogP contribution is -2.32. The molecule has 0 aliphatic heterocycles. The van der Waals surface area contributed by atoms with Crippen LogP contribution in [0.1, 0.15) is 29.0 Å². The van der Waals surface area contributed by atoms with Gasteiger partial charge in [0.2, 0.25) is 0 Å². The maximum absolute atomic E-state index is 13.4. The number of aromatic nitrogens is 3. The summed E-state index contributed by atoms with van der Waals surface area (Å²) in [4.78, 5) is 26.0. The van der Waals surface area contributed by atoms with Gasteiger partial charge in [-0.25, -0.2) is 0 Å². The zero-order chi connectivity index (χ0) is 20.5. The van der Waals surface area contributed by atoms with Gasteiger partial charge in [-0.05, 0) is 36.6 Å². The third-order valence-electron chi connectivity index (χ3n) is 4.74. The number of nitrogens with two attached hydrogens (primary N) is 1. The number of H-pyrrole nitrogens is 1. The van der Waals surface area contributed by atoms with E-state index in [1.807, 2.05) is 42.5 Å². The molecule has 0 fully saturated rings. The van der Waals surface area contributed by atoms with Gasteiger partial charge in [-0.3, -0.25) is 19.3 Å². The standard InChI is InChI=1S/C21H18ClN5O2/c1-12(25-20(28)15-11-24-26-19(15)23)17-10-13-6-5-9-16(22)18(13)21(29)27(17)14-7-3-2-4-8-14/h2-12H,1H3,(H,25,28)(H3,23,24,26)/t12-/m0/s1. The number of benzene rings is 2. The molecular weight excluding hydrogens is 390 g/mol. The van der Waals surface area contributed by atoms with E-state index in [2.05, 4.69) is 15.5 Å². The molecule has 0 bridgehead atoms. The zero-order valence-corrected chi connectivity index (χ0v) is 16.3. The number of anilines is 1. The molecule has 0 saturated heterocycles. The number of aromatic amines is 1. The minimum Gasteiger partial charge on any atom is -0.383 e. The van der Waals surface area contributed by atoms with Crippen molar-refractivity contribution < 1.29 is 4.79 Å². The number of hydrogen-bond acceptors (Lipinski definition) is 4. The maximum Gasteiger partial charge on any atom is 0.264 e. The molecular formula is C21H18ClN5O2. The number of para-hydroxylation sites is 1. The number of hydrogen-bond donors (Lipinski definition) is 3. The molecule has 2 aromatic heterocycles. The van der Waals surface area contributed by atoms with Crippen molar-refractivity contribution in [1.82, 2.24) is 20.1 Å². The molecule has 2 heterocycles. The Balaban J connectivity index is 1.88. The van der Waals surface area contributed by atoms with E-state index in [0.29, 0.717) is 27.2 Å². The van der Waals surface area contributed by atoms with Crippen LogP contribution in [0.2, 0.25) is 5.02 Å². The van der Waals surface area contributed by atoms with Crippen molar-refractivity contribution in [3.8, 4) is 5.69 Å². The molecule has 0 aliphatic rings. The fourth-order valence-corrected chi connectivity index (χ4v) is 3.59. The summed E-state index contributed by atoms with van der Waals surface area (Å²) in [5.41, 5.74) is 7.03. The number of amides is 1. The predicted molar refractivity (Wildman–Crippen MR) is 113 cm³/mol. The summed E-state index contributed by atoms with van der Waals surface area (Å²) in [6.45, 7) is 1.80. The monoisotopic (exact) mass is 407 g/mol. The van der Waals surface area contributed by atoms with Crippen molar-refractivity contribution in [2.45, 2.75) is 13.0 Å². The summed E-state index contributed by atoms with van der Waals surface area (Å²) < 4.78 is 1.57. The first-order chi connectivity index (χ1) is 14.0. The lowest BCUT2D eigenvalue weighted by molar-refractivity contribution is 0.0939. The van der Waals surface area contributed by atoms with Crippen molar-refractivity contribution in [3.63, 3.8) is 0 Å². The number of halogens is 1. The van der Waals surface area contributed by atoms with Gasteiger partial charge in [-0.15, -0.1) is 0 Å². The first-order valence-electron chi connectivity index (χ1n) is 8.96. The predicted octanol–water partition coefficient (Wildman–Crippen LogP) is 3.44. The number of nitrogens with zero attached hydrogens (tertiary/aromatic N) is 2. The molecule has 4 rings (SSSR count). The summed E-state index contributed by atoms with van der Waals surface area (Å²) in [7, 11) is 0. The van der Waals surface area contributed by atoms with Crippen LogP contribution in [0.15, 0.2) is 65.6 Å². The van der Waals surface area contributed by atoms with Gasteiger partial charge in [0.25, 0.3) is 11.5 Å². The number of pyridine rings is 1. The molecule has 7 nitrogen and oxygen atoms in total. The summed E-state index contributed by atoms with van der Waals surface area (Å²) in [6, 6.07) is 15.9. The lowest BCUT2D eigenvalue weighted by atomic mass is 10.1. The third-order valence-corrected chi connectivity index (χ3v) is 5.06. The van der Waals surface area contributed by atoms with Crippen LogP contribution in [-0.4, -0.2) is 20.7 Å². The Kier molecular flexibility index (Phi) is 4.82. The smallest absolute Gasteiger partial charge is 0.264 e. The van der Waals surface area contributed by atoms with E-state index in [1.165, 1.54) is 6.20 Å². The topological polar surface area (TPSA) is 106 Å². The van der Waals surface area contributed by atoms with E-state index in [0.717, 1.165) is 0 Å². The minimum atomic E-state index is -0.493. The normalized spacial score (nSPS) is 12.1. The molecule has 1 amide bonds. The van der Waals surface area contributed by atoms with E-state index in [1.54, 1.807) is 23.6 Å². The second-order valence-electron chi connectivity index (χ2n) is 6.64. The van der Waals surface area contributed by atoms with E-state index >= 15 is 0 Å². The van der Waals surface area contributed by atoms with E-state index < -0.39 is 6.04 Å². The Hall–Kier alpha value is -3.58. The van der Waals surface area contributed by atoms with Crippen molar-refractivity contribution in [2.24, 2.45) is 0 Å². The Morgan fingerprint density at radius 3 is 2.66 bits per heavy atom. The van der Waals surface area contributed by atoms with Crippen molar-refractivity contribution in [1.29, 1.82) is 0 Å². The van der Waals surface area contributed by atoms with Crippen molar-refractivity contribution >= 4 is 34.1 Å². The second kappa shape index (κ2) is 7.44. The Labute approximate surface area is 171 Å². The van der Waals surface area contributed by atoms with Gasteiger partial charge in [0.1, 0.15) is 11.4 Å². The van der Waals surface area contributed by atoms with Crippen LogP contribution in [0.4, 0.5) is 5.82 Å². The summed E-state index contributed by atoms with van der Waals surface area (Å²) >= 11 is 6.32. The van der Waals surface area contributed by atoms with Crippen LogP contribution in [0.3, 0.4) is 0 Å². The maximum atomic E-state index is 13.4. The Morgan fingerprint density at radius 2 is 1.97 bits per heavy atom. The molecule has 0 radical (unpaired) electrons. The highest BCUT2D eigenvalue weighted by Crippen LogP contribution is 2.25.